The summed E-state index contributed by atoms with van der Waals surface area (Å²) < 4.78 is 52.3. The van der Waals surface area contributed by atoms with E-state index in [1.807, 2.05) is 24.3 Å². The highest BCUT2D eigenvalue weighted by molar-refractivity contribution is 5.93. The van der Waals surface area contributed by atoms with Gasteiger partial charge in [-0.05, 0) is 71.8 Å². The zero-order valence-corrected chi connectivity index (χ0v) is 25.5. The van der Waals surface area contributed by atoms with Crippen LogP contribution in [0.3, 0.4) is 0 Å². The van der Waals surface area contributed by atoms with E-state index in [9.17, 15) is 27.6 Å². The van der Waals surface area contributed by atoms with Crippen LogP contribution in [-0.4, -0.2) is 61.2 Å². The highest BCUT2D eigenvalue weighted by atomic mass is 19.4. The number of alkyl halides is 3. The Morgan fingerprint density at radius 3 is 2.55 bits per heavy atom. The number of carbonyl (C=O) groups excluding carboxylic acids is 3. The number of nitrogens with two attached hydrogens (primary N) is 1. The Balaban J connectivity index is 1.43. The predicted molar refractivity (Wildman–Crippen MR) is 166 cm³/mol. The van der Waals surface area contributed by atoms with Gasteiger partial charge < -0.3 is 24.4 Å². The number of likely N-dealkylation sites (tertiary alicyclic amines) is 1. The fourth-order valence-electron chi connectivity index (χ4n) is 5.59. The van der Waals surface area contributed by atoms with Crippen molar-refractivity contribution in [2.75, 3.05) is 37.7 Å². The number of hydrogen-bond acceptors (Lipinski definition) is 9. The minimum Gasteiger partial charge on any atom is -0.493 e. The van der Waals surface area contributed by atoms with E-state index < -0.39 is 36.7 Å². The molecule has 4 aromatic rings. The van der Waals surface area contributed by atoms with Gasteiger partial charge in [-0.3, -0.25) is 19.6 Å². The Labute approximate surface area is 268 Å². The number of nitrogens with one attached hydrogen (secondary N) is 1. The topological polar surface area (TPSA) is 136 Å². The summed E-state index contributed by atoms with van der Waals surface area (Å²) in [6.45, 7) is -0.685. The van der Waals surface area contributed by atoms with Gasteiger partial charge in [0.05, 0.1) is 25.9 Å². The first kappa shape index (κ1) is 33.0. The molecule has 1 saturated heterocycles. The van der Waals surface area contributed by atoms with Gasteiger partial charge >= 0.3 is 12.1 Å². The fourth-order valence-corrected chi connectivity index (χ4v) is 5.59. The van der Waals surface area contributed by atoms with Gasteiger partial charge in [0.2, 0.25) is 0 Å². The Morgan fingerprint density at radius 2 is 1.81 bits per heavy atom. The molecule has 47 heavy (non-hydrogen) atoms. The third-order valence-corrected chi connectivity index (χ3v) is 7.81. The molecule has 0 spiro atoms. The van der Waals surface area contributed by atoms with E-state index in [1.54, 1.807) is 53.7 Å². The van der Waals surface area contributed by atoms with E-state index in [4.69, 9.17) is 15.3 Å². The van der Waals surface area contributed by atoms with E-state index in [0.717, 1.165) is 10.8 Å². The molecule has 1 aliphatic heterocycles. The predicted octanol–water partition coefficient (Wildman–Crippen LogP) is 5.08. The average Bonchev–Trinajstić information content (AvgIpc) is 3.57. The second-order valence-corrected chi connectivity index (χ2v) is 10.8. The number of aromatic nitrogens is 1. The third-order valence-electron chi connectivity index (χ3n) is 7.81. The average molecular weight is 652 g/mol. The number of nitrogens with zero attached hydrogens (tertiary/aromatic N) is 3. The Morgan fingerprint density at radius 1 is 1.02 bits per heavy atom. The van der Waals surface area contributed by atoms with E-state index in [-0.39, 0.29) is 11.6 Å². The van der Waals surface area contributed by atoms with E-state index in [1.165, 1.54) is 25.3 Å². The van der Waals surface area contributed by atoms with Crippen LogP contribution < -0.4 is 25.6 Å². The number of amides is 2. The van der Waals surface area contributed by atoms with Gasteiger partial charge in [0.15, 0.2) is 18.1 Å². The minimum absolute atomic E-state index is 0.261. The molecule has 11 nitrogen and oxygen atoms in total. The van der Waals surface area contributed by atoms with Crippen LogP contribution >= 0.6 is 0 Å². The summed E-state index contributed by atoms with van der Waals surface area (Å²) in [6.07, 6.45) is -0.509. The van der Waals surface area contributed by atoms with Crippen molar-refractivity contribution in [3.63, 3.8) is 0 Å². The van der Waals surface area contributed by atoms with Crippen LogP contribution in [0.4, 0.5) is 24.5 Å². The highest BCUT2D eigenvalue weighted by Gasteiger charge is 2.41. The molecular formula is C33H32F3N5O6. The summed E-state index contributed by atoms with van der Waals surface area (Å²) in [5, 5.41) is 5.64. The lowest BCUT2D eigenvalue weighted by Gasteiger charge is -2.35. The fraction of sp³-hybridized carbons (Fsp3) is 0.273. The van der Waals surface area contributed by atoms with Crippen molar-refractivity contribution in [2.24, 2.45) is 5.84 Å². The molecule has 0 saturated carbocycles. The lowest BCUT2D eigenvalue weighted by molar-refractivity contribution is -0.199. The van der Waals surface area contributed by atoms with Crippen molar-refractivity contribution >= 4 is 39.9 Å². The van der Waals surface area contributed by atoms with Gasteiger partial charge in [-0.15, -0.1) is 0 Å². The molecular weight excluding hydrogens is 619 g/mol. The first-order chi connectivity index (χ1) is 22.5. The van der Waals surface area contributed by atoms with Crippen LogP contribution in [0.2, 0.25) is 0 Å². The molecule has 246 valence electrons. The van der Waals surface area contributed by atoms with E-state index in [0.29, 0.717) is 47.7 Å². The first-order valence-electron chi connectivity index (χ1n) is 14.5. The van der Waals surface area contributed by atoms with E-state index in [2.05, 4.69) is 15.0 Å². The number of esters is 1. The summed E-state index contributed by atoms with van der Waals surface area (Å²) in [6, 6.07) is 17.8. The van der Waals surface area contributed by atoms with Crippen molar-refractivity contribution in [1.82, 2.24) is 9.88 Å². The zero-order chi connectivity index (χ0) is 33.7. The van der Waals surface area contributed by atoms with Gasteiger partial charge in [-0.1, -0.05) is 24.3 Å². The molecule has 2 atom stereocenters. The Hall–Kier alpha value is -5.37. The molecule has 3 aromatic carbocycles. The van der Waals surface area contributed by atoms with Crippen molar-refractivity contribution in [3.8, 4) is 11.5 Å². The van der Waals surface area contributed by atoms with Crippen LogP contribution in [0.1, 0.15) is 36.1 Å². The number of halogens is 3. The van der Waals surface area contributed by atoms with Crippen LogP contribution in [0.15, 0.2) is 79.1 Å². The summed E-state index contributed by atoms with van der Waals surface area (Å²) in [4.78, 5) is 43.6. The van der Waals surface area contributed by atoms with Crippen LogP contribution in [0.5, 0.6) is 11.5 Å². The lowest BCUT2D eigenvalue weighted by Crippen LogP contribution is -2.46. The van der Waals surface area contributed by atoms with Crippen molar-refractivity contribution in [2.45, 2.75) is 31.1 Å². The number of rotatable bonds is 10. The summed E-state index contributed by atoms with van der Waals surface area (Å²) in [7, 11) is 3.01. The van der Waals surface area contributed by atoms with Gasteiger partial charge in [0, 0.05) is 30.0 Å². The Bertz CT molecular complexity index is 1790. The normalized spacial score (nSPS) is 15.2. The number of carbonyl (C=O) groups is 3. The molecule has 3 N–H and O–H groups in total. The van der Waals surface area contributed by atoms with Crippen molar-refractivity contribution in [3.05, 3.63) is 90.3 Å². The Kier molecular flexibility index (Phi) is 9.80. The van der Waals surface area contributed by atoms with Gasteiger partial charge in [-0.2, -0.15) is 13.2 Å². The standard InChI is InChI=1S/C33H32F3N5O6/c1-45-27-11-9-22(17-28(27)46-2)30(41(37)25-10-8-23-18-38-13-12-20(23)16-25)31(43)40-14-4-7-26(40)21-5-3-6-24(15-21)39-29(42)19-47-32(44)33(34,35)36/h3,5-6,8-13,15-18,26,30H,4,7,14,19,37H2,1-2H3,(H,39,42)/t26?,30-/m1/s1. The number of hydrazine groups is 1. The monoisotopic (exact) mass is 651 g/mol. The number of ether oxygens (including phenoxy) is 3. The first-order valence-corrected chi connectivity index (χ1v) is 14.5. The molecule has 1 unspecified atom stereocenters. The lowest BCUT2D eigenvalue weighted by atomic mass is 10.00. The maximum absolute atomic E-state index is 14.6. The highest BCUT2D eigenvalue weighted by Crippen LogP contribution is 2.39. The number of anilines is 2. The van der Waals surface area contributed by atoms with Gasteiger partial charge in [0.25, 0.3) is 11.8 Å². The summed E-state index contributed by atoms with van der Waals surface area (Å²) in [5.41, 5.74) is 2.10. The number of fused-ring (bicyclic) bond motifs is 1. The smallest absolute Gasteiger partial charge is 0.490 e. The quantitative estimate of drug-likeness (QED) is 0.137. The number of hydrogen-bond donors (Lipinski definition) is 2. The summed E-state index contributed by atoms with van der Waals surface area (Å²) in [5.74, 6) is 3.99. The van der Waals surface area contributed by atoms with Crippen LogP contribution in [0, 0.1) is 0 Å². The third kappa shape index (κ3) is 7.38. The van der Waals surface area contributed by atoms with Crippen molar-refractivity contribution in [1.29, 1.82) is 0 Å². The van der Waals surface area contributed by atoms with Crippen molar-refractivity contribution < 1.29 is 41.8 Å². The van der Waals surface area contributed by atoms with Gasteiger partial charge in [0.1, 0.15) is 6.04 Å². The largest absolute Gasteiger partial charge is 0.493 e. The second-order valence-electron chi connectivity index (χ2n) is 10.8. The molecule has 1 aliphatic rings. The molecule has 0 aliphatic carbocycles. The molecule has 0 radical (unpaired) electrons. The van der Waals surface area contributed by atoms with Crippen LogP contribution in [-0.2, 0) is 19.1 Å². The molecule has 1 fully saturated rings. The molecule has 0 bridgehead atoms. The molecule has 14 heteroatoms. The number of methoxy groups -OCH3 is 2. The maximum Gasteiger partial charge on any atom is 0.490 e. The molecule has 2 heterocycles. The zero-order valence-electron chi connectivity index (χ0n) is 25.5. The maximum atomic E-state index is 14.6. The molecule has 2 amide bonds. The minimum atomic E-state index is -5.21. The number of pyridine rings is 1. The summed E-state index contributed by atoms with van der Waals surface area (Å²) >= 11 is 0. The second kappa shape index (κ2) is 14.0. The number of benzene rings is 3. The van der Waals surface area contributed by atoms with Crippen LogP contribution in [0.25, 0.3) is 10.8 Å². The van der Waals surface area contributed by atoms with E-state index >= 15 is 0 Å². The molecule has 5 rings (SSSR count). The SMILES string of the molecule is COc1ccc([C@H](C(=O)N2CCCC2c2cccc(NC(=O)COC(=O)C(F)(F)F)c2)N(N)c2ccc3cnccc3c2)cc1OC. The molecule has 1 aromatic heterocycles. The van der Waals surface area contributed by atoms with Gasteiger partial charge in [-0.25, -0.2) is 10.6 Å².